The quantitative estimate of drug-likeness (QED) is 0.621. The Morgan fingerprint density at radius 2 is 1.81 bits per heavy atom. The molecule has 2 atom stereocenters. The number of carbonyl (C=O) groups is 1. The van der Waals surface area contributed by atoms with E-state index in [1.54, 1.807) is 6.26 Å². The summed E-state index contributed by atoms with van der Waals surface area (Å²) in [4.78, 5) is 12.5. The van der Waals surface area contributed by atoms with E-state index in [0.717, 1.165) is 21.4 Å². The van der Waals surface area contributed by atoms with Gasteiger partial charge in [-0.05, 0) is 30.7 Å². The molecule has 0 saturated heterocycles. The number of furan rings is 1. The van der Waals surface area contributed by atoms with Crippen LogP contribution in [0.2, 0.25) is 0 Å². The average molecular weight is 414 g/mol. The molecule has 3 N–H and O–H groups in total. The number of halogens is 1. The summed E-state index contributed by atoms with van der Waals surface area (Å²) in [5.74, 6) is 0.823. The predicted octanol–water partition coefficient (Wildman–Crippen LogP) is 3.57. The molecule has 0 fully saturated rings. The summed E-state index contributed by atoms with van der Waals surface area (Å²) in [5, 5.41) is 5.05. The molecule has 0 bridgehead atoms. The smallest absolute Gasteiger partial charge is 0.275 e. The molecule has 134 valence electrons. The standard InChI is InChI=1S/C21H21BrN2O2/c1-15(17-10-5-6-11-18(17)22)24-20(25)14-23-21(19-12-7-13-26-19)16-8-3-2-4-9-16/h2-13,15,21,23H,14H2,1H3,(H,24,25)/p+1/t15-,21+/m0/s1. The van der Waals surface area contributed by atoms with E-state index in [-0.39, 0.29) is 18.0 Å². The van der Waals surface area contributed by atoms with Crippen LogP contribution in [0.1, 0.15) is 35.9 Å². The van der Waals surface area contributed by atoms with Crippen LogP contribution in [-0.4, -0.2) is 12.5 Å². The zero-order chi connectivity index (χ0) is 18.4. The number of rotatable bonds is 7. The molecule has 2 aromatic carbocycles. The van der Waals surface area contributed by atoms with E-state index < -0.39 is 0 Å². The molecule has 0 spiro atoms. The first kappa shape index (κ1) is 18.4. The first-order valence-electron chi connectivity index (χ1n) is 8.60. The highest BCUT2D eigenvalue weighted by molar-refractivity contribution is 9.10. The van der Waals surface area contributed by atoms with Crippen LogP contribution in [0.5, 0.6) is 0 Å². The lowest BCUT2D eigenvalue weighted by atomic mass is 10.0. The predicted molar refractivity (Wildman–Crippen MR) is 104 cm³/mol. The van der Waals surface area contributed by atoms with E-state index in [4.69, 9.17) is 4.42 Å². The molecule has 3 rings (SSSR count). The minimum atomic E-state index is -0.0646. The average Bonchev–Trinajstić information content (AvgIpc) is 3.17. The van der Waals surface area contributed by atoms with Crippen molar-refractivity contribution < 1.29 is 14.5 Å². The second-order valence-corrected chi connectivity index (χ2v) is 7.01. The Hall–Kier alpha value is -2.37. The maximum absolute atomic E-state index is 12.5. The second-order valence-electron chi connectivity index (χ2n) is 6.15. The Bertz CT molecular complexity index is 834. The maximum atomic E-state index is 12.5. The summed E-state index contributed by atoms with van der Waals surface area (Å²) in [6.45, 7) is 2.30. The summed E-state index contributed by atoms with van der Waals surface area (Å²) in [6.07, 6.45) is 1.66. The van der Waals surface area contributed by atoms with Gasteiger partial charge in [-0.15, -0.1) is 0 Å². The molecule has 1 amide bonds. The highest BCUT2D eigenvalue weighted by Gasteiger charge is 2.22. The third-order valence-corrected chi connectivity index (χ3v) is 5.02. The van der Waals surface area contributed by atoms with Crippen LogP contribution < -0.4 is 10.6 Å². The number of amides is 1. The molecule has 3 aromatic rings. The molecular formula is C21H22BrN2O2+. The van der Waals surface area contributed by atoms with Gasteiger partial charge >= 0.3 is 0 Å². The first-order valence-corrected chi connectivity index (χ1v) is 9.40. The minimum absolute atomic E-state index is 0.0132. The van der Waals surface area contributed by atoms with E-state index in [1.807, 2.05) is 79.0 Å². The fourth-order valence-corrected chi connectivity index (χ4v) is 3.60. The summed E-state index contributed by atoms with van der Waals surface area (Å²) < 4.78 is 6.57. The van der Waals surface area contributed by atoms with Crippen molar-refractivity contribution in [3.63, 3.8) is 0 Å². The van der Waals surface area contributed by atoms with Crippen molar-refractivity contribution in [2.45, 2.75) is 19.0 Å². The molecule has 0 aliphatic carbocycles. The maximum Gasteiger partial charge on any atom is 0.275 e. The molecule has 0 aliphatic heterocycles. The van der Waals surface area contributed by atoms with Crippen molar-refractivity contribution >= 4 is 21.8 Å². The van der Waals surface area contributed by atoms with E-state index in [1.165, 1.54) is 0 Å². The van der Waals surface area contributed by atoms with Gasteiger partial charge in [0, 0.05) is 10.0 Å². The summed E-state index contributed by atoms with van der Waals surface area (Å²) in [7, 11) is 0. The van der Waals surface area contributed by atoms with Crippen molar-refractivity contribution in [2.75, 3.05) is 6.54 Å². The largest absolute Gasteiger partial charge is 0.463 e. The van der Waals surface area contributed by atoms with E-state index >= 15 is 0 Å². The van der Waals surface area contributed by atoms with E-state index in [2.05, 4.69) is 21.2 Å². The van der Waals surface area contributed by atoms with Gasteiger partial charge in [-0.1, -0.05) is 64.5 Å². The number of quaternary nitrogens is 1. The van der Waals surface area contributed by atoms with Gasteiger partial charge in [-0.3, -0.25) is 4.79 Å². The topological polar surface area (TPSA) is 58.9 Å². The second kappa shape index (κ2) is 8.83. The Balaban J connectivity index is 1.64. The highest BCUT2D eigenvalue weighted by Crippen LogP contribution is 2.22. The number of nitrogens with two attached hydrogens (primary N) is 1. The third-order valence-electron chi connectivity index (χ3n) is 4.30. The Kier molecular flexibility index (Phi) is 6.26. The monoisotopic (exact) mass is 413 g/mol. The fraction of sp³-hybridized carbons (Fsp3) is 0.190. The van der Waals surface area contributed by atoms with Crippen molar-refractivity contribution in [1.29, 1.82) is 0 Å². The Morgan fingerprint density at radius 1 is 1.08 bits per heavy atom. The van der Waals surface area contributed by atoms with Crippen molar-refractivity contribution in [1.82, 2.24) is 5.32 Å². The molecule has 5 heteroatoms. The lowest BCUT2D eigenvalue weighted by Gasteiger charge is -2.17. The summed E-state index contributed by atoms with van der Waals surface area (Å²) >= 11 is 3.53. The molecule has 1 heterocycles. The third kappa shape index (κ3) is 4.62. The zero-order valence-electron chi connectivity index (χ0n) is 14.6. The molecule has 4 nitrogen and oxygen atoms in total. The minimum Gasteiger partial charge on any atom is -0.463 e. The van der Waals surface area contributed by atoms with Gasteiger partial charge in [0.25, 0.3) is 5.91 Å². The van der Waals surface area contributed by atoms with Crippen LogP contribution in [0, 0.1) is 0 Å². The number of benzene rings is 2. The van der Waals surface area contributed by atoms with Crippen LogP contribution in [-0.2, 0) is 4.79 Å². The molecule has 0 unspecified atom stereocenters. The lowest BCUT2D eigenvalue weighted by molar-refractivity contribution is -0.678. The number of nitrogens with one attached hydrogen (secondary N) is 1. The number of carbonyl (C=O) groups excluding carboxylic acids is 1. The summed E-state index contributed by atoms with van der Waals surface area (Å²) in [5.41, 5.74) is 2.17. The van der Waals surface area contributed by atoms with Gasteiger partial charge in [0.05, 0.1) is 12.3 Å². The van der Waals surface area contributed by atoms with Gasteiger partial charge in [0.1, 0.15) is 0 Å². The van der Waals surface area contributed by atoms with Crippen LogP contribution in [0.15, 0.2) is 81.9 Å². The van der Waals surface area contributed by atoms with Crippen molar-refractivity contribution in [3.8, 4) is 0 Å². The molecule has 1 aromatic heterocycles. The number of hydrogen-bond donors (Lipinski definition) is 2. The lowest BCUT2D eigenvalue weighted by Crippen LogP contribution is -2.87. The van der Waals surface area contributed by atoms with Crippen LogP contribution >= 0.6 is 15.9 Å². The van der Waals surface area contributed by atoms with Gasteiger partial charge in [0.15, 0.2) is 18.3 Å². The van der Waals surface area contributed by atoms with Crippen LogP contribution in [0.4, 0.5) is 0 Å². The number of hydrogen-bond acceptors (Lipinski definition) is 2. The van der Waals surface area contributed by atoms with E-state index in [9.17, 15) is 4.79 Å². The molecule has 0 saturated carbocycles. The first-order chi connectivity index (χ1) is 12.6. The molecular weight excluding hydrogens is 392 g/mol. The zero-order valence-corrected chi connectivity index (χ0v) is 16.1. The van der Waals surface area contributed by atoms with Crippen LogP contribution in [0.3, 0.4) is 0 Å². The van der Waals surface area contributed by atoms with Gasteiger partial charge in [-0.25, -0.2) is 0 Å². The fourth-order valence-electron chi connectivity index (χ4n) is 2.97. The summed E-state index contributed by atoms with van der Waals surface area (Å²) in [6, 6.07) is 21.7. The molecule has 0 aliphatic rings. The van der Waals surface area contributed by atoms with Gasteiger partial charge in [-0.2, -0.15) is 0 Å². The van der Waals surface area contributed by atoms with Gasteiger partial charge in [0.2, 0.25) is 0 Å². The highest BCUT2D eigenvalue weighted by atomic mass is 79.9. The van der Waals surface area contributed by atoms with Crippen LogP contribution in [0.25, 0.3) is 0 Å². The Morgan fingerprint density at radius 3 is 2.50 bits per heavy atom. The van der Waals surface area contributed by atoms with Crippen molar-refractivity contribution in [3.05, 3.63) is 94.4 Å². The van der Waals surface area contributed by atoms with Crippen molar-refractivity contribution in [2.24, 2.45) is 0 Å². The molecule has 26 heavy (non-hydrogen) atoms. The normalized spacial score (nSPS) is 13.2. The van der Waals surface area contributed by atoms with E-state index in [0.29, 0.717) is 6.54 Å². The Labute approximate surface area is 161 Å². The SMILES string of the molecule is C[C@H](NC(=O)C[NH2+][C@H](c1ccccc1)c1ccco1)c1ccccc1Br. The van der Waals surface area contributed by atoms with Gasteiger partial charge < -0.3 is 15.1 Å². The molecule has 0 radical (unpaired) electrons.